The second-order valence-corrected chi connectivity index (χ2v) is 6.04. The predicted molar refractivity (Wildman–Crippen MR) is 83.2 cm³/mol. The molecule has 0 aliphatic carbocycles. The zero-order valence-electron chi connectivity index (χ0n) is 13.6. The molecular formula is C17H27NO2. The summed E-state index contributed by atoms with van der Waals surface area (Å²) in [7, 11) is 0. The summed E-state index contributed by atoms with van der Waals surface area (Å²) in [5.41, 5.74) is 1.38. The van der Waals surface area contributed by atoms with Crippen LogP contribution >= 0.6 is 0 Å². The molecule has 0 saturated heterocycles. The molecule has 0 saturated carbocycles. The molecule has 0 fully saturated rings. The van der Waals surface area contributed by atoms with Gasteiger partial charge in [-0.05, 0) is 43.9 Å². The lowest BCUT2D eigenvalue weighted by Crippen LogP contribution is -2.40. The number of amides is 1. The highest BCUT2D eigenvalue weighted by Gasteiger charge is 2.20. The Morgan fingerprint density at radius 1 is 1.15 bits per heavy atom. The SMILES string of the molecule is CCN(CC)C(=O)[C@H](C)Oc1ccc(C(C)(C)C)cc1. The molecule has 0 aliphatic heterocycles. The molecule has 0 spiro atoms. The largest absolute Gasteiger partial charge is 0.481 e. The number of likely N-dealkylation sites (N-methyl/N-ethyl adjacent to an activating group) is 1. The zero-order valence-corrected chi connectivity index (χ0v) is 13.6. The van der Waals surface area contributed by atoms with Crippen molar-refractivity contribution in [3.63, 3.8) is 0 Å². The minimum Gasteiger partial charge on any atom is -0.481 e. The van der Waals surface area contributed by atoms with Gasteiger partial charge in [-0.2, -0.15) is 0 Å². The maximum absolute atomic E-state index is 12.1. The third-order valence-corrected chi connectivity index (χ3v) is 3.46. The van der Waals surface area contributed by atoms with E-state index in [4.69, 9.17) is 4.74 Å². The summed E-state index contributed by atoms with van der Waals surface area (Å²) in [5, 5.41) is 0. The smallest absolute Gasteiger partial charge is 0.263 e. The van der Waals surface area contributed by atoms with Crippen LogP contribution in [-0.2, 0) is 10.2 Å². The zero-order chi connectivity index (χ0) is 15.3. The Bertz CT molecular complexity index is 427. The van der Waals surface area contributed by atoms with Gasteiger partial charge in [0.2, 0.25) is 0 Å². The van der Waals surface area contributed by atoms with Crippen molar-refractivity contribution in [3.8, 4) is 5.75 Å². The maximum Gasteiger partial charge on any atom is 0.263 e. The van der Waals surface area contributed by atoms with Crippen LogP contribution in [0.25, 0.3) is 0 Å². The Hall–Kier alpha value is -1.51. The van der Waals surface area contributed by atoms with E-state index in [-0.39, 0.29) is 11.3 Å². The molecule has 0 aliphatic rings. The molecule has 1 aromatic rings. The lowest BCUT2D eigenvalue weighted by Gasteiger charge is -2.24. The fraction of sp³-hybridized carbons (Fsp3) is 0.588. The number of rotatable bonds is 5. The van der Waals surface area contributed by atoms with Crippen LogP contribution in [0, 0.1) is 0 Å². The Morgan fingerprint density at radius 3 is 2.05 bits per heavy atom. The summed E-state index contributed by atoms with van der Waals surface area (Å²) in [6.45, 7) is 13.7. The highest BCUT2D eigenvalue weighted by molar-refractivity contribution is 5.80. The molecule has 20 heavy (non-hydrogen) atoms. The number of hydrogen-bond donors (Lipinski definition) is 0. The fourth-order valence-corrected chi connectivity index (χ4v) is 2.08. The Balaban J connectivity index is 2.71. The molecule has 0 radical (unpaired) electrons. The van der Waals surface area contributed by atoms with Gasteiger partial charge in [0.15, 0.2) is 6.10 Å². The number of hydrogen-bond acceptors (Lipinski definition) is 2. The topological polar surface area (TPSA) is 29.5 Å². The number of benzene rings is 1. The van der Waals surface area contributed by atoms with Crippen LogP contribution in [0.3, 0.4) is 0 Å². The summed E-state index contributed by atoms with van der Waals surface area (Å²) < 4.78 is 5.74. The van der Waals surface area contributed by atoms with E-state index in [1.54, 1.807) is 11.8 Å². The molecule has 1 atom stereocenters. The van der Waals surface area contributed by atoms with Crippen molar-refractivity contribution < 1.29 is 9.53 Å². The monoisotopic (exact) mass is 277 g/mol. The van der Waals surface area contributed by atoms with Crippen LogP contribution in [0.5, 0.6) is 5.75 Å². The van der Waals surface area contributed by atoms with Gasteiger partial charge >= 0.3 is 0 Å². The van der Waals surface area contributed by atoms with Crippen molar-refractivity contribution in [2.24, 2.45) is 0 Å². The second kappa shape index (κ2) is 6.78. The van der Waals surface area contributed by atoms with E-state index in [9.17, 15) is 4.79 Å². The van der Waals surface area contributed by atoms with Crippen molar-refractivity contribution in [1.82, 2.24) is 4.90 Å². The first-order valence-electron chi connectivity index (χ1n) is 7.35. The first-order chi connectivity index (χ1) is 9.29. The maximum atomic E-state index is 12.1. The van der Waals surface area contributed by atoms with Crippen LogP contribution in [0.4, 0.5) is 0 Å². The fourth-order valence-electron chi connectivity index (χ4n) is 2.08. The minimum atomic E-state index is -0.449. The summed E-state index contributed by atoms with van der Waals surface area (Å²) in [6, 6.07) is 7.99. The molecule has 0 unspecified atom stereocenters. The molecule has 3 nitrogen and oxygen atoms in total. The molecule has 1 rings (SSSR count). The minimum absolute atomic E-state index is 0.0369. The van der Waals surface area contributed by atoms with E-state index in [1.165, 1.54) is 5.56 Å². The summed E-state index contributed by atoms with van der Waals surface area (Å²) in [4.78, 5) is 13.9. The van der Waals surface area contributed by atoms with Gasteiger partial charge in [0.1, 0.15) is 5.75 Å². The third-order valence-electron chi connectivity index (χ3n) is 3.46. The van der Waals surface area contributed by atoms with Crippen LogP contribution in [0.2, 0.25) is 0 Å². The van der Waals surface area contributed by atoms with Gasteiger partial charge in [-0.25, -0.2) is 0 Å². The number of nitrogens with zero attached hydrogens (tertiary/aromatic N) is 1. The third kappa shape index (κ3) is 4.26. The predicted octanol–water partition coefficient (Wildman–Crippen LogP) is 3.62. The molecule has 1 amide bonds. The summed E-state index contributed by atoms with van der Waals surface area (Å²) in [6.07, 6.45) is -0.449. The van der Waals surface area contributed by atoms with E-state index in [0.717, 1.165) is 5.75 Å². The normalized spacial score (nSPS) is 12.9. The molecule has 0 bridgehead atoms. The van der Waals surface area contributed by atoms with Crippen molar-refractivity contribution in [3.05, 3.63) is 29.8 Å². The van der Waals surface area contributed by atoms with Crippen LogP contribution in [0.15, 0.2) is 24.3 Å². The van der Waals surface area contributed by atoms with Gasteiger partial charge in [-0.1, -0.05) is 32.9 Å². The van der Waals surface area contributed by atoms with Crippen molar-refractivity contribution in [2.75, 3.05) is 13.1 Å². The Kier molecular flexibility index (Phi) is 5.61. The lowest BCUT2D eigenvalue weighted by molar-refractivity contribution is -0.137. The van der Waals surface area contributed by atoms with Crippen LogP contribution < -0.4 is 4.74 Å². The van der Waals surface area contributed by atoms with Gasteiger partial charge in [0.25, 0.3) is 5.91 Å². The van der Waals surface area contributed by atoms with Gasteiger partial charge in [-0.3, -0.25) is 4.79 Å². The lowest BCUT2D eigenvalue weighted by atomic mass is 9.87. The second-order valence-electron chi connectivity index (χ2n) is 6.04. The summed E-state index contributed by atoms with van der Waals surface area (Å²) >= 11 is 0. The summed E-state index contributed by atoms with van der Waals surface area (Å²) in [5.74, 6) is 0.779. The van der Waals surface area contributed by atoms with Gasteiger partial charge in [-0.15, -0.1) is 0 Å². The highest BCUT2D eigenvalue weighted by Crippen LogP contribution is 2.24. The average molecular weight is 277 g/mol. The van der Waals surface area contributed by atoms with E-state index in [1.807, 2.05) is 26.0 Å². The van der Waals surface area contributed by atoms with Crippen molar-refractivity contribution >= 4 is 5.91 Å². The molecule has 0 heterocycles. The molecule has 0 aromatic heterocycles. The van der Waals surface area contributed by atoms with Gasteiger partial charge in [0, 0.05) is 13.1 Å². The molecule has 3 heteroatoms. The van der Waals surface area contributed by atoms with Crippen LogP contribution in [-0.4, -0.2) is 30.0 Å². The van der Waals surface area contributed by atoms with E-state index in [2.05, 4.69) is 32.9 Å². The van der Waals surface area contributed by atoms with Gasteiger partial charge < -0.3 is 9.64 Å². The van der Waals surface area contributed by atoms with Crippen LogP contribution in [0.1, 0.15) is 47.1 Å². The quantitative estimate of drug-likeness (QED) is 0.822. The average Bonchev–Trinajstić information content (AvgIpc) is 2.39. The number of ether oxygens (including phenoxy) is 1. The van der Waals surface area contributed by atoms with E-state index < -0.39 is 6.10 Å². The molecule has 112 valence electrons. The highest BCUT2D eigenvalue weighted by atomic mass is 16.5. The Morgan fingerprint density at radius 2 is 1.65 bits per heavy atom. The standard InChI is InChI=1S/C17H27NO2/c1-7-18(8-2)16(19)13(3)20-15-11-9-14(10-12-15)17(4,5)6/h9-13H,7-8H2,1-6H3/t13-/m0/s1. The van der Waals surface area contributed by atoms with Crippen molar-refractivity contribution in [1.29, 1.82) is 0 Å². The van der Waals surface area contributed by atoms with E-state index in [0.29, 0.717) is 13.1 Å². The molecule has 1 aromatic carbocycles. The molecular weight excluding hydrogens is 250 g/mol. The number of carbonyl (C=O) groups excluding carboxylic acids is 1. The van der Waals surface area contributed by atoms with E-state index >= 15 is 0 Å². The first-order valence-corrected chi connectivity index (χ1v) is 7.35. The number of carbonyl (C=O) groups is 1. The first kappa shape index (κ1) is 16.5. The van der Waals surface area contributed by atoms with Crippen molar-refractivity contribution in [2.45, 2.75) is 53.1 Å². The molecule has 0 N–H and O–H groups in total. The van der Waals surface area contributed by atoms with Gasteiger partial charge in [0.05, 0.1) is 0 Å². The Labute approximate surface area is 122 Å².